The molecule has 0 unspecified atom stereocenters. The predicted molar refractivity (Wildman–Crippen MR) is 52.5 cm³/mol. The molecule has 1 saturated heterocycles. The van der Waals surface area contributed by atoms with E-state index in [2.05, 4.69) is 0 Å². The summed E-state index contributed by atoms with van der Waals surface area (Å²) in [5.41, 5.74) is 5.33. The summed E-state index contributed by atoms with van der Waals surface area (Å²) in [7, 11) is 0. The van der Waals surface area contributed by atoms with Crippen molar-refractivity contribution in [1.29, 1.82) is 0 Å². The lowest BCUT2D eigenvalue weighted by Crippen LogP contribution is -2.54. The Hall–Kier alpha value is -0.940. The monoisotopic (exact) mass is 199 g/mol. The van der Waals surface area contributed by atoms with Crippen LogP contribution in [-0.4, -0.2) is 54.3 Å². The van der Waals surface area contributed by atoms with Crippen molar-refractivity contribution in [3.63, 3.8) is 0 Å². The maximum atomic E-state index is 11.5. The Morgan fingerprint density at radius 2 is 1.86 bits per heavy atom. The summed E-state index contributed by atoms with van der Waals surface area (Å²) in [5, 5.41) is 0. The van der Waals surface area contributed by atoms with Crippen LogP contribution in [0.1, 0.15) is 13.3 Å². The predicted octanol–water partition coefficient (Wildman–Crippen LogP) is -0.974. The zero-order valence-corrected chi connectivity index (χ0v) is 8.53. The van der Waals surface area contributed by atoms with Gasteiger partial charge in [-0.05, 0) is 19.5 Å². The number of hydrogen-bond donors (Lipinski definition) is 1. The first-order valence-electron chi connectivity index (χ1n) is 4.94. The van der Waals surface area contributed by atoms with Gasteiger partial charge in [0.05, 0.1) is 13.1 Å². The van der Waals surface area contributed by atoms with Crippen LogP contribution in [-0.2, 0) is 9.59 Å². The van der Waals surface area contributed by atoms with Gasteiger partial charge in [0, 0.05) is 6.54 Å². The number of carbonyl (C=O) groups excluding carboxylic acids is 2. The number of hydrogen-bond acceptors (Lipinski definition) is 4. The van der Waals surface area contributed by atoms with Gasteiger partial charge >= 0.3 is 0 Å². The maximum absolute atomic E-state index is 11.5. The number of rotatable bonds is 4. The fourth-order valence-corrected chi connectivity index (χ4v) is 1.47. The molecule has 2 amide bonds. The van der Waals surface area contributed by atoms with Crippen LogP contribution in [0.4, 0.5) is 0 Å². The minimum atomic E-state index is -0.100. The number of nitrogens with zero attached hydrogens (tertiary/aromatic N) is 2. The topological polar surface area (TPSA) is 66.6 Å². The van der Waals surface area contributed by atoms with Crippen molar-refractivity contribution in [3.8, 4) is 0 Å². The quantitative estimate of drug-likeness (QED) is 0.591. The van der Waals surface area contributed by atoms with E-state index < -0.39 is 0 Å². The fourth-order valence-electron chi connectivity index (χ4n) is 1.47. The molecule has 0 spiro atoms. The van der Waals surface area contributed by atoms with Gasteiger partial charge in [0.1, 0.15) is 0 Å². The van der Waals surface area contributed by atoms with Gasteiger partial charge in [-0.1, -0.05) is 6.92 Å². The lowest BCUT2D eigenvalue weighted by atomic mass is 10.2. The summed E-state index contributed by atoms with van der Waals surface area (Å²) in [6, 6.07) is 0. The maximum Gasteiger partial charge on any atom is 0.243 e. The second kappa shape index (κ2) is 5.07. The van der Waals surface area contributed by atoms with Crippen LogP contribution in [0.25, 0.3) is 0 Å². The Labute approximate surface area is 83.8 Å². The third-order valence-electron chi connectivity index (χ3n) is 2.35. The molecule has 0 aromatic rings. The highest BCUT2D eigenvalue weighted by molar-refractivity contribution is 5.99. The molecule has 5 heteroatoms. The molecule has 2 N–H and O–H groups in total. The van der Waals surface area contributed by atoms with Gasteiger partial charge in [-0.15, -0.1) is 0 Å². The summed E-state index contributed by atoms with van der Waals surface area (Å²) < 4.78 is 0. The number of piperazine rings is 1. The lowest BCUT2D eigenvalue weighted by molar-refractivity contribution is -0.151. The first-order valence-corrected chi connectivity index (χ1v) is 4.94. The van der Waals surface area contributed by atoms with Crippen molar-refractivity contribution in [2.75, 3.05) is 32.7 Å². The number of imide groups is 1. The third-order valence-corrected chi connectivity index (χ3v) is 2.35. The molecule has 5 nitrogen and oxygen atoms in total. The Kier molecular flexibility index (Phi) is 4.03. The smallest absolute Gasteiger partial charge is 0.243 e. The molecule has 14 heavy (non-hydrogen) atoms. The average molecular weight is 199 g/mol. The molecular formula is C9H17N3O2. The van der Waals surface area contributed by atoms with E-state index in [4.69, 9.17) is 5.73 Å². The van der Waals surface area contributed by atoms with E-state index in [1.54, 1.807) is 0 Å². The molecule has 0 saturated carbocycles. The molecule has 0 radical (unpaired) electrons. The molecule has 0 atom stereocenters. The molecule has 0 bridgehead atoms. The number of nitrogens with two attached hydrogens (primary N) is 1. The van der Waals surface area contributed by atoms with Crippen molar-refractivity contribution >= 4 is 11.8 Å². The van der Waals surface area contributed by atoms with E-state index in [-0.39, 0.29) is 11.8 Å². The van der Waals surface area contributed by atoms with Gasteiger partial charge in [-0.3, -0.25) is 19.4 Å². The molecule has 1 aliphatic heterocycles. The van der Waals surface area contributed by atoms with E-state index in [0.717, 1.165) is 6.54 Å². The van der Waals surface area contributed by atoms with Crippen molar-refractivity contribution in [2.45, 2.75) is 13.3 Å². The Bertz CT molecular complexity index is 212. The summed E-state index contributed by atoms with van der Waals surface area (Å²) in [6.07, 6.45) is 0.684. The summed E-state index contributed by atoms with van der Waals surface area (Å²) in [6.45, 7) is 4.36. The minimum absolute atomic E-state index is 0.100. The van der Waals surface area contributed by atoms with Crippen LogP contribution < -0.4 is 5.73 Å². The second-order valence-corrected chi connectivity index (χ2v) is 3.38. The Morgan fingerprint density at radius 1 is 1.29 bits per heavy atom. The number of carbonyl (C=O) groups is 2. The van der Waals surface area contributed by atoms with E-state index in [0.29, 0.717) is 32.6 Å². The van der Waals surface area contributed by atoms with E-state index in [1.165, 1.54) is 4.90 Å². The van der Waals surface area contributed by atoms with Gasteiger partial charge in [0.25, 0.3) is 0 Å². The Balaban J connectivity index is 2.52. The lowest BCUT2D eigenvalue weighted by Gasteiger charge is -2.31. The van der Waals surface area contributed by atoms with Crippen LogP contribution in [0.15, 0.2) is 0 Å². The summed E-state index contributed by atoms with van der Waals surface area (Å²) in [5.74, 6) is -0.201. The normalized spacial score (nSPS) is 19.1. The number of likely N-dealkylation sites (N-methyl/N-ethyl adjacent to an activating group) is 1. The molecular weight excluding hydrogens is 182 g/mol. The van der Waals surface area contributed by atoms with Crippen LogP contribution in [0.5, 0.6) is 0 Å². The summed E-state index contributed by atoms with van der Waals surface area (Å²) >= 11 is 0. The molecule has 1 rings (SSSR count). The van der Waals surface area contributed by atoms with Crippen molar-refractivity contribution in [1.82, 2.24) is 9.80 Å². The van der Waals surface area contributed by atoms with Crippen LogP contribution in [0, 0.1) is 0 Å². The van der Waals surface area contributed by atoms with E-state index in [9.17, 15) is 9.59 Å². The molecule has 0 aliphatic carbocycles. The molecule has 0 aromatic heterocycles. The van der Waals surface area contributed by atoms with E-state index in [1.807, 2.05) is 11.8 Å². The minimum Gasteiger partial charge on any atom is -0.330 e. The van der Waals surface area contributed by atoms with E-state index >= 15 is 0 Å². The standard InChI is InChI=1S/C9H17N3O2/c1-2-11-6-8(13)12(5-3-4-10)9(14)7-11/h2-7,10H2,1H3. The zero-order valence-electron chi connectivity index (χ0n) is 8.53. The molecule has 80 valence electrons. The van der Waals surface area contributed by atoms with Gasteiger partial charge < -0.3 is 5.73 Å². The van der Waals surface area contributed by atoms with Gasteiger partial charge in [-0.2, -0.15) is 0 Å². The average Bonchev–Trinajstić information content (AvgIpc) is 2.16. The first-order chi connectivity index (χ1) is 6.69. The van der Waals surface area contributed by atoms with Crippen LogP contribution >= 0.6 is 0 Å². The van der Waals surface area contributed by atoms with Gasteiger partial charge in [-0.25, -0.2) is 0 Å². The van der Waals surface area contributed by atoms with Crippen molar-refractivity contribution in [2.24, 2.45) is 5.73 Å². The van der Waals surface area contributed by atoms with Gasteiger partial charge in [0.2, 0.25) is 11.8 Å². The fraction of sp³-hybridized carbons (Fsp3) is 0.778. The molecule has 1 fully saturated rings. The summed E-state index contributed by atoms with van der Waals surface area (Å²) in [4.78, 5) is 26.2. The van der Waals surface area contributed by atoms with Gasteiger partial charge in [0.15, 0.2) is 0 Å². The molecule has 1 aliphatic rings. The Morgan fingerprint density at radius 3 is 2.29 bits per heavy atom. The van der Waals surface area contributed by atoms with Crippen LogP contribution in [0.3, 0.4) is 0 Å². The largest absolute Gasteiger partial charge is 0.330 e. The van der Waals surface area contributed by atoms with Crippen molar-refractivity contribution < 1.29 is 9.59 Å². The molecule has 1 heterocycles. The zero-order chi connectivity index (χ0) is 10.6. The number of amides is 2. The highest BCUT2D eigenvalue weighted by Crippen LogP contribution is 2.04. The highest BCUT2D eigenvalue weighted by atomic mass is 16.2. The first kappa shape index (κ1) is 11.1. The van der Waals surface area contributed by atoms with Crippen LogP contribution in [0.2, 0.25) is 0 Å². The SMILES string of the molecule is CCN1CC(=O)N(CCCN)C(=O)C1. The molecule has 0 aromatic carbocycles. The second-order valence-electron chi connectivity index (χ2n) is 3.38. The van der Waals surface area contributed by atoms with Crippen molar-refractivity contribution in [3.05, 3.63) is 0 Å². The highest BCUT2D eigenvalue weighted by Gasteiger charge is 2.29. The third kappa shape index (κ3) is 2.52.